The number of hydrogen-bond donors (Lipinski definition) is 1. The SMILES string of the molecule is Cc1c(C=CC(=O)Nc2nccs2)sc2ccccc12. The van der Waals surface area contributed by atoms with E-state index in [0.29, 0.717) is 5.13 Å². The van der Waals surface area contributed by atoms with Crippen LogP contribution in [0.3, 0.4) is 0 Å². The summed E-state index contributed by atoms with van der Waals surface area (Å²) in [6, 6.07) is 8.26. The number of carbonyl (C=O) groups excluding carboxylic acids is 1. The molecule has 100 valence electrons. The van der Waals surface area contributed by atoms with Crippen molar-refractivity contribution >= 4 is 49.9 Å². The molecular weight excluding hydrogens is 288 g/mol. The molecule has 1 amide bonds. The lowest BCUT2D eigenvalue weighted by molar-refractivity contribution is -0.111. The largest absolute Gasteiger partial charge is 0.298 e. The van der Waals surface area contributed by atoms with Crippen molar-refractivity contribution in [2.75, 3.05) is 5.32 Å². The number of hydrogen-bond acceptors (Lipinski definition) is 4. The van der Waals surface area contributed by atoms with Crippen molar-refractivity contribution in [3.05, 3.63) is 52.4 Å². The van der Waals surface area contributed by atoms with E-state index in [0.717, 1.165) is 4.88 Å². The maximum atomic E-state index is 11.8. The molecule has 0 saturated heterocycles. The topological polar surface area (TPSA) is 42.0 Å². The molecule has 0 bridgehead atoms. The number of nitrogens with one attached hydrogen (secondary N) is 1. The van der Waals surface area contributed by atoms with Gasteiger partial charge in [-0.2, -0.15) is 0 Å². The van der Waals surface area contributed by atoms with Crippen LogP contribution in [0.25, 0.3) is 16.2 Å². The number of benzene rings is 1. The Morgan fingerprint density at radius 3 is 2.95 bits per heavy atom. The normalized spacial score (nSPS) is 11.2. The minimum absolute atomic E-state index is 0.156. The van der Waals surface area contributed by atoms with Crippen molar-refractivity contribution in [1.29, 1.82) is 0 Å². The van der Waals surface area contributed by atoms with Crippen molar-refractivity contribution in [3.8, 4) is 0 Å². The van der Waals surface area contributed by atoms with E-state index in [2.05, 4.69) is 29.4 Å². The number of rotatable bonds is 3. The maximum Gasteiger partial charge on any atom is 0.250 e. The zero-order valence-corrected chi connectivity index (χ0v) is 12.4. The van der Waals surface area contributed by atoms with Crippen LogP contribution in [0.15, 0.2) is 41.9 Å². The lowest BCUT2D eigenvalue weighted by Crippen LogP contribution is -2.06. The third-order valence-corrected chi connectivity index (χ3v) is 4.86. The van der Waals surface area contributed by atoms with Gasteiger partial charge in [0.05, 0.1) is 0 Å². The minimum atomic E-state index is -0.156. The molecule has 0 aliphatic heterocycles. The highest BCUT2D eigenvalue weighted by Gasteiger charge is 2.06. The highest BCUT2D eigenvalue weighted by atomic mass is 32.1. The van der Waals surface area contributed by atoms with Gasteiger partial charge >= 0.3 is 0 Å². The zero-order valence-electron chi connectivity index (χ0n) is 10.8. The highest BCUT2D eigenvalue weighted by Crippen LogP contribution is 2.31. The Morgan fingerprint density at radius 2 is 2.20 bits per heavy atom. The number of aryl methyl sites for hydroxylation is 1. The van der Waals surface area contributed by atoms with Crippen LogP contribution >= 0.6 is 22.7 Å². The summed E-state index contributed by atoms with van der Waals surface area (Å²) in [5.74, 6) is -0.156. The fourth-order valence-electron chi connectivity index (χ4n) is 1.94. The number of amides is 1. The van der Waals surface area contributed by atoms with E-state index in [9.17, 15) is 4.79 Å². The minimum Gasteiger partial charge on any atom is -0.298 e. The molecule has 3 aromatic rings. The summed E-state index contributed by atoms with van der Waals surface area (Å²) in [4.78, 5) is 16.9. The highest BCUT2D eigenvalue weighted by molar-refractivity contribution is 7.20. The summed E-state index contributed by atoms with van der Waals surface area (Å²) in [6.45, 7) is 2.08. The summed E-state index contributed by atoms with van der Waals surface area (Å²) in [7, 11) is 0. The summed E-state index contributed by atoms with van der Waals surface area (Å²) in [5, 5.41) is 6.43. The Hall–Kier alpha value is -1.98. The monoisotopic (exact) mass is 300 g/mol. The Bertz CT molecular complexity index is 772. The van der Waals surface area contributed by atoms with E-state index in [1.807, 2.05) is 23.6 Å². The third-order valence-electron chi connectivity index (χ3n) is 2.93. The van der Waals surface area contributed by atoms with Crippen LogP contribution < -0.4 is 5.32 Å². The van der Waals surface area contributed by atoms with Gasteiger partial charge in [0.2, 0.25) is 5.91 Å². The van der Waals surface area contributed by atoms with E-state index in [-0.39, 0.29) is 5.91 Å². The molecule has 1 N–H and O–H groups in total. The molecule has 0 aliphatic rings. The summed E-state index contributed by atoms with van der Waals surface area (Å²) in [6.07, 6.45) is 5.09. The van der Waals surface area contributed by atoms with Crippen LogP contribution in [0, 0.1) is 6.92 Å². The first kappa shape index (κ1) is 13.0. The Kier molecular flexibility index (Phi) is 3.62. The molecule has 5 heteroatoms. The van der Waals surface area contributed by atoms with Crippen molar-refractivity contribution < 1.29 is 4.79 Å². The van der Waals surface area contributed by atoms with Gasteiger partial charge in [-0.15, -0.1) is 22.7 Å². The van der Waals surface area contributed by atoms with E-state index in [4.69, 9.17) is 0 Å². The van der Waals surface area contributed by atoms with Crippen LogP contribution in [-0.2, 0) is 4.79 Å². The average molecular weight is 300 g/mol. The molecule has 0 saturated carbocycles. The van der Waals surface area contributed by atoms with Crippen LogP contribution in [0.4, 0.5) is 5.13 Å². The van der Waals surface area contributed by atoms with Gasteiger partial charge in [0.25, 0.3) is 0 Å². The third kappa shape index (κ3) is 2.64. The summed E-state index contributed by atoms with van der Waals surface area (Å²) < 4.78 is 1.24. The predicted molar refractivity (Wildman–Crippen MR) is 86.3 cm³/mol. The molecule has 20 heavy (non-hydrogen) atoms. The maximum absolute atomic E-state index is 11.8. The Morgan fingerprint density at radius 1 is 1.35 bits per heavy atom. The van der Waals surface area contributed by atoms with Gasteiger partial charge < -0.3 is 0 Å². The molecule has 2 heterocycles. The second-order valence-corrected chi connectivity index (χ2v) is 6.23. The number of nitrogens with zero attached hydrogens (tertiary/aromatic N) is 1. The van der Waals surface area contributed by atoms with Gasteiger partial charge in [-0.05, 0) is 30.0 Å². The second-order valence-electron chi connectivity index (χ2n) is 4.25. The number of aromatic nitrogens is 1. The van der Waals surface area contributed by atoms with Crippen LogP contribution in [0.5, 0.6) is 0 Å². The molecule has 0 unspecified atom stereocenters. The number of thiophene rings is 1. The van der Waals surface area contributed by atoms with Gasteiger partial charge in [-0.1, -0.05) is 18.2 Å². The molecule has 0 radical (unpaired) electrons. The molecule has 0 spiro atoms. The molecular formula is C15H12N2OS2. The molecule has 0 fully saturated rings. The van der Waals surface area contributed by atoms with Gasteiger partial charge in [-0.25, -0.2) is 4.98 Å². The first-order valence-electron chi connectivity index (χ1n) is 6.11. The first-order valence-corrected chi connectivity index (χ1v) is 7.80. The lowest BCUT2D eigenvalue weighted by Gasteiger charge is -1.95. The number of anilines is 1. The fourth-order valence-corrected chi connectivity index (χ4v) is 3.58. The van der Waals surface area contributed by atoms with Crippen molar-refractivity contribution in [1.82, 2.24) is 4.98 Å². The van der Waals surface area contributed by atoms with Crippen molar-refractivity contribution in [2.24, 2.45) is 0 Å². The average Bonchev–Trinajstić information content (AvgIpc) is 3.06. The molecule has 3 rings (SSSR count). The molecule has 3 nitrogen and oxygen atoms in total. The first-order chi connectivity index (χ1) is 9.74. The van der Waals surface area contributed by atoms with Crippen molar-refractivity contribution in [3.63, 3.8) is 0 Å². The number of thiazole rings is 1. The number of fused-ring (bicyclic) bond motifs is 1. The van der Waals surface area contributed by atoms with E-state index < -0.39 is 0 Å². The fraction of sp³-hybridized carbons (Fsp3) is 0.0667. The number of carbonyl (C=O) groups is 1. The van der Waals surface area contributed by atoms with Gasteiger partial charge in [0.15, 0.2) is 5.13 Å². The quantitative estimate of drug-likeness (QED) is 0.732. The van der Waals surface area contributed by atoms with E-state index in [1.165, 1.54) is 27.0 Å². The zero-order chi connectivity index (χ0) is 13.9. The smallest absolute Gasteiger partial charge is 0.250 e. The lowest BCUT2D eigenvalue weighted by atomic mass is 10.1. The van der Waals surface area contributed by atoms with E-state index in [1.54, 1.807) is 23.6 Å². The Labute approximate surface area is 124 Å². The molecule has 0 atom stereocenters. The Balaban J connectivity index is 1.80. The molecule has 0 aliphatic carbocycles. The van der Waals surface area contributed by atoms with E-state index >= 15 is 0 Å². The molecule has 2 aromatic heterocycles. The summed E-state index contributed by atoms with van der Waals surface area (Å²) >= 11 is 3.10. The van der Waals surface area contributed by atoms with Crippen LogP contribution in [0.2, 0.25) is 0 Å². The van der Waals surface area contributed by atoms with Gasteiger partial charge in [0, 0.05) is 27.2 Å². The van der Waals surface area contributed by atoms with Crippen molar-refractivity contribution in [2.45, 2.75) is 6.92 Å². The van der Waals surface area contributed by atoms with Gasteiger partial charge in [0.1, 0.15) is 0 Å². The van der Waals surface area contributed by atoms with Gasteiger partial charge in [-0.3, -0.25) is 10.1 Å². The summed E-state index contributed by atoms with van der Waals surface area (Å²) in [5.41, 5.74) is 1.21. The predicted octanol–water partition coefficient (Wildman–Crippen LogP) is 4.32. The standard InChI is InChI=1S/C15H12N2OS2/c1-10-11-4-2-3-5-13(11)20-12(10)6-7-14(18)17-15-16-8-9-19-15/h2-9H,1H3,(H,16,17,18). The molecule has 1 aromatic carbocycles. The van der Waals surface area contributed by atoms with Crippen LogP contribution in [-0.4, -0.2) is 10.9 Å². The van der Waals surface area contributed by atoms with Crippen LogP contribution in [0.1, 0.15) is 10.4 Å². The second kappa shape index (κ2) is 5.56.